The van der Waals surface area contributed by atoms with Crippen molar-refractivity contribution < 1.29 is 23.1 Å². The number of halogens is 3. The number of aliphatic hydroxyl groups excluding tert-OH is 1. The molecule has 0 aliphatic rings. The molecule has 0 aliphatic heterocycles. The SMILES string of the molecule is NC(=S)CC(=O)N(CCO)CC(F)(F)F. The number of thiocarbonyl (C=S) groups is 1. The summed E-state index contributed by atoms with van der Waals surface area (Å²) in [4.78, 5) is 11.5. The molecule has 0 aromatic carbocycles. The summed E-state index contributed by atoms with van der Waals surface area (Å²) in [6.07, 6.45) is -4.92. The van der Waals surface area contributed by atoms with Crippen LogP contribution in [0.25, 0.3) is 0 Å². The minimum absolute atomic E-state index is 0.176. The van der Waals surface area contributed by atoms with Crippen molar-refractivity contribution in [1.82, 2.24) is 4.90 Å². The molecule has 15 heavy (non-hydrogen) atoms. The first-order chi connectivity index (χ1) is 6.76. The molecule has 0 aromatic heterocycles. The number of aliphatic hydroxyl groups is 1. The van der Waals surface area contributed by atoms with Crippen LogP contribution in [0, 0.1) is 0 Å². The molecule has 0 aliphatic carbocycles. The van der Waals surface area contributed by atoms with E-state index >= 15 is 0 Å². The third kappa shape index (κ3) is 7.09. The van der Waals surface area contributed by atoms with Crippen LogP contribution in [-0.4, -0.2) is 46.8 Å². The fourth-order valence-electron chi connectivity index (χ4n) is 0.890. The summed E-state index contributed by atoms with van der Waals surface area (Å²) in [5.41, 5.74) is 5.03. The number of carbonyl (C=O) groups excluding carboxylic acids is 1. The van der Waals surface area contributed by atoms with Crippen LogP contribution in [0.5, 0.6) is 0 Å². The van der Waals surface area contributed by atoms with Crippen LogP contribution in [0.15, 0.2) is 0 Å². The number of rotatable bonds is 5. The molecule has 0 radical (unpaired) electrons. The van der Waals surface area contributed by atoms with Gasteiger partial charge in [-0.1, -0.05) is 12.2 Å². The number of nitrogens with zero attached hydrogens (tertiary/aromatic N) is 1. The van der Waals surface area contributed by atoms with Gasteiger partial charge in [-0.05, 0) is 0 Å². The number of alkyl halides is 3. The predicted molar refractivity (Wildman–Crippen MR) is 51.1 cm³/mol. The van der Waals surface area contributed by atoms with E-state index in [1.807, 2.05) is 0 Å². The van der Waals surface area contributed by atoms with Crippen molar-refractivity contribution in [2.75, 3.05) is 19.7 Å². The molecule has 0 aromatic rings. The summed E-state index contributed by atoms with van der Waals surface area (Å²) in [6, 6.07) is 0. The summed E-state index contributed by atoms with van der Waals surface area (Å²) in [7, 11) is 0. The summed E-state index contributed by atoms with van der Waals surface area (Å²) in [5, 5.41) is 8.49. The number of hydrogen-bond donors (Lipinski definition) is 2. The average molecular weight is 244 g/mol. The zero-order valence-electron chi connectivity index (χ0n) is 7.75. The first-order valence-corrected chi connectivity index (χ1v) is 4.41. The lowest BCUT2D eigenvalue weighted by molar-refractivity contribution is -0.161. The molecular formula is C7H11F3N2O2S. The molecule has 0 saturated carbocycles. The van der Waals surface area contributed by atoms with Crippen LogP contribution in [0.4, 0.5) is 13.2 Å². The normalized spacial score (nSPS) is 11.2. The molecule has 0 heterocycles. The van der Waals surface area contributed by atoms with E-state index in [0.29, 0.717) is 4.90 Å². The fraction of sp³-hybridized carbons (Fsp3) is 0.714. The second-order valence-corrected chi connectivity index (χ2v) is 3.32. The number of nitrogens with two attached hydrogens (primary N) is 1. The molecule has 8 heteroatoms. The van der Waals surface area contributed by atoms with E-state index < -0.39 is 31.7 Å². The number of amides is 1. The van der Waals surface area contributed by atoms with Crippen molar-refractivity contribution in [3.05, 3.63) is 0 Å². The maximum atomic E-state index is 12.0. The van der Waals surface area contributed by atoms with Gasteiger partial charge in [0, 0.05) is 6.54 Å². The van der Waals surface area contributed by atoms with Gasteiger partial charge in [-0.3, -0.25) is 4.79 Å². The lowest BCUT2D eigenvalue weighted by atomic mass is 10.3. The summed E-state index contributed by atoms with van der Waals surface area (Å²) >= 11 is 4.40. The van der Waals surface area contributed by atoms with Crippen molar-refractivity contribution in [3.63, 3.8) is 0 Å². The number of hydrogen-bond acceptors (Lipinski definition) is 3. The van der Waals surface area contributed by atoms with Crippen molar-refractivity contribution in [2.45, 2.75) is 12.6 Å². The van der Waals surface area contributed by atoms with Crippen LogP contribution in [-0.2, 0) is 4.79 Å². The summed E-state index contributed by atoms with van der Waals surface area (Å²) < 4.78 is 36.0. The van der Waals surface area contributed by atoms with Gasteiger partial charge in [0.05, 0.1) is 18.0 Å². The largest absolute Gasteiger partial charge is 0.406 e. The van der Waals surface area contributed by atoms with Gasteiger partial charge in [0.25, 0.3) is 0 Å². The van der Waals surface area contributed by atoms with Crippen molar-refractivity contribution in [1.29, 1.82) is 0 Å². The van der Waals surface area contributed by atoms with E-state index in [1.165, 1.54) is 0 Å². The standard InChI is InChI=1S/C7H11F3N2O2S/c8-7(9,10)4-12(1-2-13)6(14)3-5(11)15/h13H,1-4H2,(H2,11,15). The maximum Gasteiger partial charge on any atom is 0.406 e. The third-order valence-electron chi connectivity index (χ3n) is 1.42. The molecule has 1 amide bonds. The van der Waals surface area contributed by atoms with Gasteiger partial charge >= 0.3 is 6.18 Å². The van der Waals surface area contributed by atoms with Gasteiger partial charge in [-0.15, -0.1) is 0 Å². The van der Waals surface area contributed by atoms with Gasteiger partial charge in [0.15, 0.2) is 0 Å². The summed E-state index contributed by atoms with van der Waals surface area (Å²) in [6.45, 7) is -2.34. The monoisotopic (exact) mass is 244 g/mol. The van der Waals surface area contributed by atoms with Crippen molar-refractivity contribution >= 4 is 23.1 Å². The molecule has 0 rings (SSSR count). The van der Waals surface area contributed by atoms with Crippen LogP contribution < -0.4 is 5.73 Å². The van der Waals surface area contributed by atoms with Crippen LogP contribution >= 0.6 is 12.2 Å². The Balaban J connectivity index is 4.38. The average Bonchev–Trinajstić information content (AvgIpc) is 1.99. The highest BCUT2D eigenvalue weighted by molar-refractivity contribution is 7.80. The third-order valence-corrected chi connectivity index (χ3v) is 1.56. The minimum Gasteiger partial charge on any atom is -0.395 e. The highest BCUT2D eigenvalue weighted by Gasteiger charge is 2.32. The molecule has 3 N–H and O–H groups in total. The first-order valence-electron chi connectivity index (χ1n) is 4.00. The number of carbonyl (C=O) groups is 1. The van der Waals surface area contributed by atoms with E-state index in [9.17, 15) is 18.0 Å². The Kier molecular flexibility index (Phi) is 5.51. The Morgan fingerprint density at radius 2 is 2.00 bits per heavy atom. The fourth-order valence-corrected chi connectivity index (χ4v) is 1.01. The Bertz CT molecular complexity index is 245. The highest BCUT2D eigenvalue weighted by atomic mass is 32.1. The van der Waals surface area contributed by atoms with Crippen LogP contribution in [0.2, 0.25) is 0 Å². The van der Waals surface area contributed by atoms with Crippen LogP contribution in [0.1, 0.15) is 6.42 Å². The molecular weight excluding hydrogens is 233 g/mol. The molecule has 0 fully saturated rings. The van der Waals surface area contributed by atoms with Crippen molar-refractivity contribution in [2.24, 2.45) is 5.73 Å². The van der Waals surface area contributed by atoms with E-state index in [4.69, 9.17) is 10.8 Å². The Hall–Kier alpha value is -0.890. The van der Waals surface area contributed by atoms with E-state index in [2.05, 4.69) is 12.2 Å². The van der Waals surface area contributed by atoms with E-state index in [0.717, 1.165) is 0 Å². The molecule has 4 nitrogen and oxygen atoms in total. The highest BCUT2D eigenvalue weighted by Crippen LogP contribution is 2.16. The van der Waals surface area contributed by atoms with Gasteiger partial charge in [0.1, 0.15) is 6.54 Å². The zero-order valence-corrected chi connectivity index (χ0v) is 8.57. The van der Waals surface area contributed by atoms with E-state index in [-0.39, 0.29) is 11.5 Å². The second kappa shape index (κ2) is 5.86. The zero-order chi connectivity index (χ0) is 12.1. The smallest absolute Gasteiger partial charge is 0.395 e. The topological polar surface area (TPSA) is 66.6 Å². The second-order valence-electron chi connectivity index (χ2n) is 2.80. The quantitative estimate of drug-likeness (QED) is 0.670. The van der Waals surface area contributed by atoms with Gasteiger partial charge in [0.2, 0.25) is 5.91 Å². The summed E-state index contributed by atoms with van der Waals surface area (Å²) in [5.74, 6) is -0.839. The van der Waals surface area contributed by atoms with Crippen molar-refractivity contribution in [3.8, 4) is 0 Å². The molecule has 0 spiro atoms. The van der Waals surface area contributed by atoms with E-state index in [1.54, 1.807) is 0 Å². The van der Waals surface area contributed by atoms with Crippen LogP contribution in [0.3, 0.4) is 0 Å². The minimum atomic E-state index is -4.50. The molecule has 0 unspecified atom stereocenters. The lowest BCUT2D eigenvalue weighted by Crippen LogP contribution is -2.41. The van der Waals surface area contributed by atoms with Gasteiger partial charge < -0.3 is 15.7 Å². The van der Waals surface area contributed by atoms with Gasteiger partial charge in [-0.25, -0.2) is 0 Å². The molecule has 88 valence electrons. The Labute approximate surface area is 89.8 Å². The maximum absolute atomic E-state index is 12.0. The molecule has 0 saturated heterocycles. The lowest BCUT2D eigenvalue weighted by Gasteiger charge is -2.22. The molecule has 0 atom stereocenters. The predicted octanol–water partition coefficient (Wildman–Crippen LogP) is 0.0458. The first kappa shape index (κ1) is 14.1. The van der Waals surface area contributed by atoms with Gasteiger partial charge in [-0.2, -0.15) is 13.2 Å². The Morgan fingerprint density at radius 1 is 1.47 bits per heavy atom. The molecule has 0 bridgehead atoms. The Morgan fingerprint density at radius 3 is 2.33 bits per heavy atom.